The summed E-state index contributed by atoms with van der Waals surface area (Å²) < 4.78 is 6.37. The van der Waals surface area contributed by atoms with Crippen molar-refractivity contribution in [2.75, 3.05) is 13.2 Å². The van der Waals surface area contributed by atoms with Crippen molar-refractivity contribution in [1.82, 2.24) is 4.98 Å². The lowest BCUT2D eigenvalue weighted by Crippen LogP contribution is -2.22. The minimum absolute atomic E-state index is 0.264. The van der Waals surface area contributed by atoms with Crippen LogP contribution in [0.25, 0.3) is 10.9 Å². The van der Waals surface area contributed by atoms with Crippen molar-refractivity contribution in [3.8, 4) is 0 Å². The number of halogens is 1. The highest BCUT2D eigenvalue weighted by molar-refractivity contribution is 9.10. The van der Waals surface area contributed by atoms with Crippen molar-refractivity contribution in [2.45, 2.75) is 18.9 Å². The lowest BCUT2D eigenvalue weighted by molar-refractivity contribution is 0.00766. The predicted octanol–water partition coefficient (Wildman–Crippen LogP) is 3.46. The van der Waals surface area contributed by atoms with E-state index in [-0.39, 0.29) is 5.92 Å². The Morgan fingerprint density at radius 1 is 1.26 bits per heavy atom. The smallest absolute Gasteiger partial charge is 0.0840 e. The fourth-order valence-electron chi connectivity index (χ4n) is 2.68. The summed E-state index contributed by atoms with van der Waals surface area (Å²) in [6, 6.07) is 7.89. The molecule has 0 aliphatic carbocycles. The van der Waals surface area contributed by atoms with Crippen LogP contribution in [-0.4, -0.2) is 23.3 Å². The molecule has 2 aromatic rings. The average molecular weight is 322 g/mol. The molecule has 4 heteroatoms. The number of hydrogen-bond donors (Lipinski definition) is 1. The number of aliphatic hydroxyl groups excluding tert-OH is 1. The predicted molar refractivity (Wildman–Crippen MR) is 77.9 cm³/mol. The standard InChI is InChI=1S/C15H16BrNO2/c16-13-4-3-12(14-11(13)2-1-7-17-14)15(18)10-5-8-19-9-6-10/h1-4,7,10,15,18H,5-6,8-9H2. The molecule has 100 valence electrons. The van der Waals surface area contributed by atoms with E-state index in [0.29, 0.717) is 0 Å². The Bertz CT molecular complexity index is 581. The van der Waals surface area contributed by atoms with Gasteiger partial charge in [0.15, 0.2) is 0 Å². The normalized spacial score (nSPS) is 18.6. The van der Waals surface area contributed by atoms with Crippen LogP contribution in [0, 0.1) is 5.92 Å². The van der Waals surface area contributed by atoms with Crippen LogP contribution in [0.5, 0.6) is 0 Å². The van der Waals surface area contributed by atoms with Crippen molar-refractivity contribution in [1.29, 1.82) is 0 Å². The van der Waals surface area contributed by atoms with Gasteiger partial charge < -0.3 is 9.84 Å². The topological polar surface area (TPSA) is 42.4 Å². The first-order chi connectivity index (χ1) is 9.27. The van der Waals surface area contributed by atoms with E-state index in [2.05, 4.69) is 20.9 Å². The van der Waals surface area contributed by atoms with Gasteiger partial charge in [0.05, 0.1) is 11.6 Å². The lowest BCUT2D eigenvalue weighted by Gasteiger charge is -2.27. The molecule has 0 spiro atoms. The van der Waals surface area contributed by atoms with E-state index >= 15 is 0 Å². The highest BCUT2D eigenvalue weighted by Gasteiger charge is 2.25. The number of pyridine rings is 1. The maximum absolute atomic E-state index is 10.6. The van der Waals surface area contributed by atoms with Crippen LogP contribution < -0.4 is 0 Å². The molecule has 1 unspecified atom stereocenters. The summed E-state index contributed by atoms with van der Waals surface area (Å²) in [7, 11) is 0. The second kappa shape index (κ2) is 5.57. The Morgan fingerprint density at radius 2 is 2.05 bits per heavy atom. The van der Waals surface area contributed by atoms with Crippen LogP contribution in [0.4, 0.5) is 0 Å². The summed E-state index contributed by atoms with van der Waals surface area (Å²) >= 11 is 3.53. The van der Waals surface area contributed by atoms with Gasteiger partial charge in [0, 0.05) is 34.8 Å². The van der Waals surface area contributed by atoms with E-state index in [1.807, 2.05) is 24.3 Å². The summed E-state index contributed by atoms with van der Waals surface area (Å²) in [6.45, 7) is 1.48. The van der Waals surface area contributed by atoms with Gasteiger partial charge in [-0.3, -0.25) is 4.98 Å². The van der Waals surface area contributed by atoms with Gasteiger partial charge in [0.25, 0.3) is 0 Å². The first kappa shape index (κ1) is 13.0. The molecule has 1 aliphatic heterocycles. The number of nitrogens with zero attached hydrogens (tertiary/aromatic N) is 1. The Hall–Kier alpha value is -0.970. The molecule has 0 saturated carbocycles. The molecule has 1 saturated heterocycles. The number of hydrogen-bond acceptors (Lipinski definition) is 3. The molecule has 3 nitrogen and oxygen atoms in total. The SMILES string of the molecule is OC(c1ccc(Br)c2cccnc12)C1CCOCC1. The van der Waals surface area contributed by atoms with Gasteiger partial charge in [-0.2, -0.15) is 0 Å². The monoisotopic (exact) mass is 321 g/mol. The van der Waals surface area contributed by atoms with Gasteiger partial charge in [0.1, 0.15) is 0 Å². The van der Waals surface area contributed by atoms with Crippen molar-refractivity contribution in [3.63, 3.8) is 0 Å². The van der Waals surface area contributed by atoms with Crippen LogP contribution in [0.2, 0.25) is 0 Å². The maximum atomic E-state index is 10.6. The lowest BCUT2D eigenvalue weighted by atomic mass is 9.88. The zero-order valence-electron chi connectivity index (χ0n) is 10.6. The first-order valence-electron chi connectivity index (χ1n) is 6.56. The third-order valence-corrected chi connectivity index (χ3v) is 4.47. The molecule has 0 amide bonds. The van der Waals surface area contributed by atoms with Gasteiger partial charge in [-0.15, -0.1) is 0 Å². The van der Waals surface area contributed by atoms with Crippen LogP contribution in [0.15, 0.2) is 34.9 Å². The Balaban J connectivity index is 2.02. The molecule has 19 heavy (non-hydrogen) atoms. The molecule has 1 aliphatic rings. The Kier molecular flexibility index (Phi) is 3.82. The highest BCUT2D eigenvalue weighted by atomic mass is 79.9. The zero-order valence-corrected chi connectivity index (χ0v) is 12.1. The summed E-state index contributed by atoms with van der Waals surface area (Å²) in [5.41, 5.74) is 1.81. The third kappa shape index (κ3) is 2.53. The average Bonchev–Trinajstić information content (AvgIpc) is 2.48. The summed E-state index contributed by atoms with van der Waals surface area (Å²) in [5, 5.41) is 11.7. The van der Waals surface area contributed by atoms with E-state index in [0.717, 1.165) is 47.0 Å². The van der Waals surface area contributed by atoms with E-state index < -0.39 is 6.10 Å². The second-order valence-electron chi connectivity index (χ2n) is 4.93. The minimum Gasteiger partial charge on any atom is -0.388 e. The van der Waals surface area contributed by atoms with Gasteiger partial charge in [0.2, 0.25) is 0 Å². The number of benzene rings is 1. The van der Waals surface area contributed by atoms with E-state index in [1.54, 1.807) is 6.20 Å². The van der Waals surface area contributed by atoms with Gasteiger partial charge in [-0.05, 0) is 30.9 Å². The van der Waals surface area contributed by atoms with Gasteiger partial charge in [-0.25, -0.2) is 0 Å². The van der Waals surface area contributed by atoms with Crippen molar-refractivity contribution in [3.05, 3.63) is 40.5 Å². The zero-order chi connectivity index (χ0) is 13.2. The second-order valence-corrected chi connectivity index (χ2v) is 5.79. The van der Waals surface area contributed by atoms with Crippen LogP contribution in [0.1, 0.15) is 24.5 Å². The summed E-state index contributed by atoms with van der Waals surface area (Å²) in [5.74, 6) is 0.264. The highest BCUT2D eigenvalue weighted by Crippen LogP contribution is 2.35. The van der Waals surface area contributed by atoms with E-state index in [1.165, 1.54) is 0 Å². The van der Waals surface area contributed by atoms with Crippen LogP contribution in [-0.2, 0) is 4.74 Å². The number of fused-ring (bicyclic) bond motifs is 1. The molecule has 0 bridgehead atoms. The number of aromatic nitrogens is 1. The van der Waals surface area contributed by atoms with Crippen molar-refractivity contribution in [2.24, 2.45) is 5.92 Å². The first-order valence-corrected chi connectivity index (χ1v) is 7.35. The van der Waals surface area contributed by atoms with E-state index in [4.69, 9.17) is 4.74 Å². The molecule has 1 atom stereocenters. The Morgan fingerprint density at radius 3 is 2.84 bits per heavy atom. The molecule has 1 aromatic carbocycles. The molecule has 0 radical (unpaired) electrons. The minimum atomic E-state index is -0.464. The summed E-state index contributed by atoms with van der Waals surface area (Å²) in [4.78, 5) is 4.44. The van der Waals surface area contributed by atoms with Crippen molar-refractivity contribution < 1.29 is 9.84 Å². The largest absolute Gasteiger partial charge is 0.388 e. The molecule has 1 aromatic heterocycles. The third-order valence-electron chi connectivity index (χ3n) is 3.78. The molecule has 2 heterocycles. The molecule has 1 fully saturated rings. The molecular formula is C15H16BrNO2. The van der Waals surface area contributed by atoms with Gasteiger partial charge >= 0.3 is 0 Å². The summed E-state index contributed by atoms with van der Waals surface area (Å²) in [6.07, 6.45) is 3.13. The molecule has 3 rings (SSSR count). The van der Waals surface area contributed by atoms with Crippen LogP contribution in [0.3, 0.4) is 0 Å². The number of aliphatic hydroxyl groups is 1. The van der Waals surface area contributed by atoms with E-state index in [9.17, 15) is 5.11 Å². The fourth-order valence-corrected chi connectivity index (χ4v) is 3.14. The molecule has 1 N–H and O–H groups in total. The van der Waals surface area contributed by atoms with Crippen LogP contribution >= 0.6 is 15.9 Å². The number of rotatable bonds is 2. The molecular weight excluding hydrogens is 306 g/mol. The Labute approximate surface area is 120 Å². The maximum Gasteiger partial charge on any atom is 0.0840 e. The van der Waals surface area contributed by atoms with Crippen molar-refractivity contribution >= 4 is 26.8 Å². The van der Waals surface area contributed by atoms with Gasteiger partial charge in [-0.1, -0.05) is 28.1 Å². The number of ether oxygens (including phenoxy) is 1. The fraction of sp³-hybridized carbons (Fsp3) is 0.400. The quantitative estimate of drug-likeness (QED) is 0.921.